The summed E-state index contributed by atoms with van der Waals surface area (Å²) in [5.74, 6) is -2.92. The number of carboxylic acids is 1. The smallest absolute Gasteiger partial charge is 0.307 e. The molecule has 3 N–H and O–H groups in total. The van der Waals surface area contributed by atoms with Gasteiger partial charge in [-0.05, 0) is 20.3 Å². The molecule has 1 fully saturated rings. The zero-order valence-electron chi connectivity index (χ0n) is 9.34. The number of nitrogens with two attached hydrogens (primary N) is 1. The highest BCUT2D eigenvalue weighted by Crippen LogP contribution is 2.40. The summed E-state index contributed by atoms with van der Waals surface area (Å²) >= 11 is 0. The van der Waals surface area contributed by atoms with E-state index in [9.17, 15) is 14.4 Å². The highest BCUT2D eigenvalue weighted by molar-refractivity contribution is 5.91. The minimum absolute atomic E-state index is 0.153. The summed E-state index contributed by atoms with van der Waals surface area (Å²) < 4.78 is 0. The first kappa shape index (κ1) is 12.5. The van der Waals surface area contributed by atoms with Gasteiger partial charge in [-0.15, -0.1) is 0 Å². The number of amides is 2. The van der Waals surface area contributed by atoms with Crippen molar-refractivity contribution < 1.29 is 19.5 Å². The zero-order chi connectivity index (χ0) is 12.5. The monoisotopic (exact) mass is 228 g/mol. The van der Waals surface area contributed by atoms with Crippen LogP contribution < -0.4 is 5.73 Å². The molecule has 1 aliphatic carbocycles. The lowest BCUT2D eigenvalue weighted by molar-refractivity contribution is -0.143. The van der Waals surface area contributed by atoms with Crippen LogP contribution in [0, 0.1) is 11.8 Å². The molecule has 0 aromatic heterocycles. The average Bonchev–Trinajstić information content (AvgIpc) is 2.91. The highest BCUT2D eigenvalue weighted by atomic mass is 16.4. The van der Waals surface area contributed by atoms with Crippen molar-refractivity contribution in [2.45, 2.75) is 26.3 Å². The first-order valence-corrected chi connectivity index (χ1v) is 5.16. The molecule has 6 heteroatoms. The number of aliphatic carboxylic acids is 1. The van der Waals surface area contributed by atoms with Crippen molar-refractivity contribution in [2.24, 2.45) is 17.6 Å². The Labute approximate surface area is 93.4 Å². The maximum atomic E-state index is 11.9. The van der Waals surface area contributed by atoms with E-state index in [1.165, 1.54) is 4.90 Å². The predicted molar refractivity (Wildman–Crippen MR) is 55.3 cm³/mol. The van der Waals surface area contributed by atoms with Crippen LogP contribution >= 0.6 is 0 Å². The standard InChI is InChI=1S/C10H16N2O4/c1-5(2)12(4-8(11)13)9(14)6-3-7(6)10(15)16/h5-7H,3-4H2,1-2H3,(H2,11,13)(H,15,16)/t6-,7+/m1/s1. The molecule has 2 amide bonds. The fraction of sp³-hybridized carbons (Fsp3) is 0.700. The summed E-state index contributed by atoms with van der Waals surface area (Å²) in [5, 5.41) is 8.71. The Kier molecular flexibility index (Phi) is 3.51. The van der Waals surface area contributed by atoms with Gasteiger partial charge in [-0.3, -0.25) is 14.4 Å². The van der Waals surface area contributed by atoms with Gasteiger partial charge >= 0.3 is 5.97 Å². The van der Waals surface area contributed by atoms with Crippen molar-refractivity contribution >= 4 is 17.8 Å². The van der Waals surface area contributed by atoms with Crippen LogP contribution in [0.3, 0.4) is 0 Å². The van der Waals surface area contributed by atoms with Crippen LogP contribution in [-0.2, 0) is 14.4 Å². The molecule has 0 spiro atoms. The molecule has 2 atom stereocenters. The van der Waals surface area contributed by atoms with Gasteiger partial charge in [-0.1, -0.05) is 0 Å². The molecule has 0 heterocycles. The van der Waals surface area contributed by atoms with Crippen molar-refractivity contribution in [2.75, 3.05) is 6.54 Å². The van der Waals surface area contributed by atoms with Gasteiger partial charge in [-0.25, -0.2) is 0 Å². The lowest BCUT2D eigenvalue weighted by atomic mass is 10.2. The molecular weight excluding hydrogens is 212 g/mol. The number of nitrogens with zero attached hydrogens (tertiary/aromatic N) is 1. The molecule has 0 radical (unpaired) electrons. The normalized spacial score (nSPS) is 22.9. The van der Waals surface area contributed by atoms with Crippen molar-refractivity contribution in [3.8, 4) is 0 Å². The third kappa shape index (κ3) is 2.71. The largest absolute Gasteiger partial charge is 0.481 e. The fourth-order valence-electron chi connectivity index (χ4n) is 1.64. The third-order valence-corrected chi connectivity index (χ3v) is 2.66. The first-order chi connectivity index (χ1) is 7.34. The second-order valence-corrected chi connectivity index (χ2v) is 4.31. The molecule has 0 unspecified atom stereocenters. The first-order valence-electron chi connectivity index (χ1n) is 5.16. The number of hydrogen-bond donors (Lipinski definition) is 2. The molecule has 1 saturated carbocycles. The lowest BCUT2D eigenvalue weighted by Crippen LogP contribution is -2.43. The molecule has 0 aromatic rings. The zero-order valence-corrected chi connectivity index (χ0v) is 9.34. The van der Waals surface area contributed by atoms with E-state index in [0.717, 1.165) is 0 Å². The van der Waals surface area contributed by atoms with Gasteiger partial charge in [0, 0.05) is 6.04 Å². The van der Waals surface area contributed by atoms with Crippen molar-refractivity contribution in [3.63, 3.8) is 0 Å². The number of carbonyl (C=O) groups is 3. The van der Waals surface area contributed by atoms with Gasteiger partial charge in [0.25, 0.3) is 0 Å². The van der Waals surface area contributed by atoms with Crippen LogP contribution in [0.1, 0.15) is 20.3 Å². The van der Waals surface area contributed by atoms with Gasteiger partial charge in [0.15, 0.2) is 0 Å². The maximum absolute atomic E-state index is 11.9. The topological polar surface area (TPSA) is 101 Å². The predicted octanol–water partition coefficient (Wildman–Crippen LogP) is -0.571. The van der Waals surface area contributed by atoms with Crippen molar-refractivity contribution in [3.05, 3.63) is 0 Å². The minimum Gasteiger partial charge on any atom is -0.481 e. The molecule has 1 rings (SSSR count). The van der Waals surface area contributed by atoms with Gasteiger partial charge in [0.2, 0.25) is 11.8 Å². The number of rotatable bonds is 5. The van der Waals surface area contributed by atoms with Crippen LogP contribution in [0.25, 0.3) is 0 Å². The van der Waals surface area contributed by atoms with Gasteiger partial charge in [0.05, 0.1) is 18.4 Å². The third-order valence-electron chi connectivity index (χ3n) is 2.66. The van der Waals surface area contributed by atoms with Gasteiger partial charge in [0.1, 0.15) is 0 Å². The van der Waals surface area contributed by atoms with Crippen LogP contribution in [0.15, 0.2) is 0 Å². The van der Waals surface area contributed by atoms with E-state index in [1.807, 2.05) is 0 Å². The second kappa shape index (κ2) is 4.51. The minimum atomic E-state index is -0.957. The molecule has 90 valence electrons. The molecular formula is C10H16N2O4. The lowest BCUT2D eigenvalue weighted by Gasteiger charge is -2.25. The Morgan fingerprint density at radius 2 is 1.94 bits per heavy atom. The van der Waals surface area contributed by atoms with E-state index < -0.39 is 23.7 Å². The summed E-state index contributed by atoms with van der Waals surface area (Å²) in [6.45, 7) is 3.37. The molecule has 6 nitrogen and oxygen atoms in total. The van der Waals surface area contributed by atoms with E-state index in [0.29, 0.717) is 6.42 Å². The molecule has 0 aromatic carbocycles. The number of carbonyl (C=O) groups excluding carboxylic acids is 2. The quantitative estimate of drug-likeness (QED) is 0.658. The van der Waals surface area contributed by atoms with Crippen LogP contribution in [0.2, 0.25) is 0 Å². The fourth-order valence-corrected chi connectivity index (χ4v) is 1.64. The molecule has 0 saturated heterocycles. The van der Waals surface area contributed by atoms with E-state index in [-0.39, 0.29) is 18.5 Å². The summed E-state index contributed by atoms with van der Waals surface area (Å²) in [4.78, 5) is 34.6. The number of hydrogen-bond acceptors (Lipinski definition) is 3. The summed E-state index contributed by atoms with van der Waals surface area (Å²) in [6, 6.07) is -0.157. The van der Waals surface area contributed by atoms with Gasteiger partial charge < -0.3 is 15.7 Å². The molecule has 16 heavy (non-hydrogen) atoms. The SMILES string of the molecule is CC(C)N(CC(N)=O)C(=O)[C@@H]1C[C@@H]1C(=O)O. The highest BCUT2D eigenvalue weighted by Gasteiger charge is 2.50. The summed E-state index contributed by atoms with van der Waals surface area (Å²) in [5.41, 5.74) is 5.03. The number of carboxylic acid groups (broad SMARTS) is 1. The molecule has 1 aliphatic rings. The van der Waals surface area contributed by atoms with E-state index in [2.05, 4.69) is 0 Å². The molecule has 0 aliphatic heterocycles. The number of primary amides is 1. The van der Waals surface area contributed by atoms with E-state index in [1.54, 1.807) is 13.8 Å². The van der Waals surface area contributed by atoms with Crippen LogP contribution in [0.4, 0.5) is 0 Å². The Morgan fingerprint density at radius 1 is 1.38 bits per heavy atom. The van der Waals surface area contributed by atoms with Crippen LogP contribution in [-0.4, -0.2) is 40.4 Å². The Hall–Kier alpha value is -1.59. The van der Waals surface area contributed by atoms with Gasteiger partial charge in [-0.2, -0.15) is 0 Å². The Balaban J connectivity index is 2.63. The second-order valence-electron chi connectivity index (χ2n) is 4.31. The van der Waals surface area contributed by atoms with E-state index in [4.69, 9.17) is 10.8 Å². The average molecular weight is 228 g/mol. The molecule has 0 bridgehead atoms. The Morgan fingerprint density at radius 3 is 2.25 bits per heavy atom. The maximum Gasteiger partial charge on any atom is 0.307 e. The summed E-state index contributed by atoms with van der Waals surface area (Å²) in [6.07, 6.45) is 0.357. The van der Waals surface area contributed by atoms with Crippen molar-refractivity contribution in [1.82, 2.24) is 4.90 Å². The van der Waals surface area contributed by atoms with Crippen molar-refractivity contribution in [1.29, 1.82) is 0 Å². The Bertz CT molecular complexity index is 327. The van der Waals surface area contributed by atoms with Crippen LogP contribution in [0.5, 0.6) is 0 Å². The summed E-state index contributed by atoms with van der Waals surface area (Å²) in [7, 11) is 0. The van der Waals surface area contributed by atoms with E-state index >= 15 is 0 Å².